The fraction of sp³-hybridized carbons (Fsp3) is 0.409. The minimum absolute atomic E-state index is 0.0983. The summed E-state index contributed by atoms with van der Waals surface area (Å²) in [7, 11) is 1.65. The number of unbranched alkanes of at least 4 members (excludes halogenated alkanes) is 1. The van der Waals surface area contributed by atoms with E-state index in [0.717, 1.165) is 54.0 Å². The summed E-state index contributed by atoms with van der Waals surface area (Å²) in [6.07, 6.45) is 3.99. The van der Waals surface area contributed by atoms with Crippen LogP contribution >= 0.6 is 0 Å². The number of amides is 1. The van der Waals surface area contributed by atoms with Gasteiger partial charge in [0.05, 0.1) is 19.3 Å². The van der Waals surface area contributed by atoms with E-state index in [1.165, 1.54) is 0 Å². The highest BCUT2D eigenvalue weighted by molar-refractivity contribution is 6.02. The molecule has 0 saturated heterocycles. The fourth-order valence-corrected chi connectivity index (χ4v) is 3.54. The molecule has 5 nitrogen and oxygen atoms in total. The Kier molecular flexibility index (Phi) is 4.92. The minimum atomic E-state index is -0.195. The third-order valence-corrected chi connectivity index (χ3v) is 5.16. The second-order valence-corrected chi connectivity index (χ2v) is 7.15. The van der Waals surface area contributed by atoms with E-state index in [-0.39, 0.29) is 12.1 Å². The number of para-hydroxylation sites is 1. The van der Waals surface area contributed by atoms with Crippen molar-refractivity contribution >= 4 is 11.6 Å². The summed E-state index contributed by atoms with van der Waals surface area (Å²) in [5.74, 6) is 1.55. The van der Waals surface area contributed by atoms with Crippen LogP contribution < -0.4 is 14.8 Å². The van der Waals surface area contributed by atoms with E-state index in [1.54, 1.807) is 7.11 Å². The zero-order valence-corrected chi connectivity index (χ0v) is 15.9. The Morgan fingerprint density at radius 1 is 1.15 bits per heavy atom. The van der Waals surface area contributed by atoms with Crippen LogP contribution in [0.3, 0.4) is 0 Å². The number of nitrogens with zero attached hydrogens (tertiary/aromatic N) is 1. The molecule has 2 aromatic rings. The van der Waals surface area contributed by atoms with Crippen molar-refractivity contribution in [1.29, 1.82) is 0 Å². The highest BCUT2D eigenvalue weighted by atomic mass is 16.5. The van der Waals surface area contributed by atoms with Gasteiger partial charge in [0.25, 0.3) is 5.91 Å². The maximum atomic E-state index is 13.1. The molecule has 0 aromatic heterocycles. The molecule has 1 saturated carbocycles. The number of ether oxygens (including phenoxy) is 2. The van der Waals surface area contributed by atoms with Gasteiger partial charge in [-0.25, -0.2) is 0 Å². The SMILES string of the molecule is CCCCOc1cc([C@H]2Nc3ccccc3C(=O)N2C2CC2)ccc1OC. The first-order valence-electron chi connectivity index (χ1n) is 9.72. The Morgan fingerprint density at radius 2 is 1.96 bits per heavy atom. The molecular formula is C22H26N2O3. The van der Waals surface area contributed by atoms with E-state index in [0.29, 0.717) is 12.6 Å². The van der Waals surface area contributed by atoms with Gasteiger partial charge < -0.3 is 19.7 Å². The van der Waals surface area contributed by atoms with Crippen molar-refractivity contribution in [2.45, 2.75) is 44.8 Å². The lowest BCUT2D eigenvalue weighted by atomic mass is 10.0. The maximum absolute atomic E-state index is 13.1. The van der Waals surface area contributed by atoms with Crippen LogP contribution in [-0.2, 0) is 0 Å². The van der Waals surface area contributed by atoms with Gasteiger partial charge in [-0.2, -0.15) is 0 Å². The molecule has 1 heterocycles. The molecule has 2 aliphatic rings. The van der Waals surface area contributed by atoms with Crippen LogP contribution in [-0.4, -0.2) is 30.6 Å². The molecule has 1 aliphatic carbocycles. The number of rotatable bonds is 7. The number of carbonyl (C=O) groups excluding carboxylic acids is 1. The number of hydrogen-bond donors (Lipinski definition) is 1. The summed E-state index contributed by atoms with van der Waals surface area (Å²) in [5, 5.41) is 3.56. The largest absolute Gasteiger partial charge is 0.493 e. The van der Waals surface area contributed by atoms with Crippen molar-refractivity contribution in [3.63, 3.8) is 0 Å². The molecule has 1 aliphatic heterocycles. The standard InChI is InChI=1S/C22H26N2O3/c1-3-4-13-27-20-14-15(9-12-19(20)26-2)21-23-18-8-6-5-7-17(18)22(25)24(21)16-10-11-16/h5-9,12,14,16,21,23H,3-4,10-11,13H2,1-2H3/t21-/m0/s1. The van der Waals surface area contributed by atoms with Crippen molar-refractivity contribution in [3.8, 4) is 11.5 Å². The lowest BCUT2D eigenvalue weighted by Gasteiger charge is -2.38. The van der Waals surface area contributed by atoms with Crippen molar-refractivity contribution < 1.29 is 14.3 Å². The molecule has 27 heavy (non-hydrogen) atoms. The highest BCUT2D eigenvalue weighted by Gasteiger charge is 2.42. The molecule has 5 heteroatoms. The predicted molar refractivity (Wildman–Crippen MR) is 105 cm³/mol. The van der Waals surface area contributed by atoms with Crippen molar-refractivity contribution in [2.24, 2.45) is 0 Å². The zero-order valence-electron chi connectivity index (χ0n) is 15.9. The number of anilines is 1. The van der Waals surface area contributed by atoms with Gasteiger partial charge in [0.2, 0.25) is 0 Å². The topological polar surface area (TPSA) is 50.8 Å². The van der Waals surface area contributed by atoms with Gasteiger partial charge in [0.1, 0.15) is 6.17 Å². The number of fused-ring (bicyclic) bond motifs is 1. The summed E-state index contributed by atoms with van der Waals surface area (Å²) in [5.41, 5.74) is 2.64. The zero-order chi connectivity index (χ0) is 18.8. The van der Waals surface area contributed by atoms with Crippen LogP contribution in [0.25, 0.3) is 0 Å². The molecule has 1 fully saturated rings. The summed E-state index contributed by atoms with van der Waals surface area (Å²) >= 11 is 0. The molecule has 2 aromatic carbocycles. The van der Waals surface area contributed by atoms with Gasteiger partial charge in [-0.3, -0.25) is 4.79 Å². The van der Waals surface area contributed by atoms with E-state index < -0.39 is 0 Å². The Morgan fingerprint density at radius 3 is 2.70 bits per heavy atom. The predicted octanol–water partition coefficient (Wildman–Crippen LogP) is 4.60. The number of nitrogens with one attached hydrogen (secondary N) is 1. The van der Waals surface area contributed by atoms with Gasteiger partial charge in [-0.1, -0.05) is 31.5 Å². The van der Waals surface area contributed by atoms with Gasteiger partial charge in [0, 0.05) is 11.7 Å². The summed E-state index contributed by atoms with van der Waals surface area (Å²) in [6, 6.07) is 14.0. The number of methoxy groups -OCH3 is 1. The van der Waals surface area contributed by atoms with Crippen LogP contribution in [0.1, 0.15) is 54.7 Å². The van der Waals surface area contributed by atoms with Gasteiger partial charge in [-0.05, 0) is 49.1 Å². The minimum Gasteiger partial charge on any atom is -0.493 e. The van der Waals surface area contributed by atoms with E-state index in [2.05, 4.69) is 12.2 Å². The summed E-state index contributed by atoms with van der Waals surface area (Å²) in [4.78, 5) is 15.1. The molecule has 0 bridgehead atoms. The number of carbonyl (C=O) groups is 1. The van der Waals surface area contributed by atoms with Crippen molar-refractivity contribution in [3.05, 3.63) is 53.6 Å². The van der Waals surface area contributed by atoms with Crippen LogP contribution in [0, 0.1) is 0 Å². The van der Waals surface area contributed by atoms with Crippen LogP contribution in [0.2, 0.25) is 0 Å². The molecule has 4 rings (SSSR count). The molecule has 142 valence electrons. The van der Waals surface area contributed by atoms with Crippen molar-refractivity contribution in [1.82, 2.24) is 4.90 Å². The molecule has 0 radical (unpaired) electrons. The van der Waals surface area contributed by atoms with E-state index in [9.17, 15) is 4.79 Å². The van der Waals surface area contributed by atoms with E-state index >= 15 is 0 Å². The van der Waals surface area contributed by atoms with Gasteiger partial charge in [-0.15, -0.1) is 0 Å². The normalized spacial score (nSPS) is 18.7. The van der Waals surface area contributed by atoms with Gasteiger partial charge in [0.15, 0.2) is 11.5 Å². The molecule has 0 unspecified atom stereocenters. The Balaban J connectivity index is 1.68. The third-order valence-electron chi connectivity index (χ3n) is 5.16. The maximum Gasteiger partial charge on any atom is 0.258 e. The second-order valence-electron chi connectivity index (χ2n) is 7.15. The van der Waals surface area contributed by atoms with E-state index in [1.807, 2.05) is 47.4 Å². The Bertz CT molecular complexity index is 832. The Hall–Kier alpha value is -2.69. The molecule has 1 N–H and O–H groups in total. The molecule has 0 spiro atoms. The second kappa shape index (κ2) is 7.51. The average molecular weight is 366 g/mol. The monoisotopic (exact) mass is 366 g/mol. The first-order valence-corrected chi connectivity index (χ1v) is 9.72. The number of hydrogen-bond acceptors (Lipinski definition) is 4. The van der Waals surface area contributed by atoms with Crippen LogP contribution in [0.15, 0.2) is 42.5 Å². The third kappa shape index (κ3) is 3.46. The quantitative estimate of drug-likeness (QED) is 0.728. The highest BCUT2D eigenvalue weighted by Crippen LogP contribution is 2.42. The summed E-state index contributed by atoms with van der Waals surface area (Å²) in [6.45, 7) is 2.79. The molecular weight excluding hydrogens is 340 g/mol. The van der Waals surface area contributed by atoms with Crippen LogP contribution in [0.5, 0.6) is 11.5 Å². The average Bonchev–Trinajstić information content (AvgIpc) is 3.53. The molecule has 1 amide bonds. The molecule has 1 atom stereocenters. The Labute approximate surface area is 160 Å². The first kappa shape index (κ1) is 17.7. The van der Waals surface area contributed by atoms with Crippen molar-refractivity contribution in [2.75, 3.05) is 19.0 Å². The lowest BCUT2D eigenvalue weighted by Crippen LogP contribution is -2.44. The van der Waals surface area contributed by atoms with Gasteiger partial charge >= 0.3 is 0 Å². The lowest BCUT2D eigenvalue weighted by molar-refractivity contribution is 0.0666. The first-order chi connectivity index (χ1) is 13.2. The fourth-order valence-electron chi connectivity index (χ4n) is 3.54. The van der Waals surface area contributed by atoms with E-state index in [4.69, 9.17) is 9.47 Å². The number of benzene rings is 2. The summed E-state index contributed by atoms with van der Waals surface area (Å²) < 4.78 is 11.4. The van der Waals surface area contributed by atoms with Crippen LogP contribution in [0.4, 0.5) is 5.69 Å². The smallest absolute Gasteiger partial charge is 0.258 e.